The number of nitrogens with zero attached hydrogens (tertiary/aromatic N) is 3. The molecule has 14 heavy (non-hydrogen) atoms. The Labute approximate surface area is 82.2 Å². The molecule has 0 fully saturated rings. The minimum Gasteiger partial charge on any atom is -0.423 e. The lowest BCUT2D eigenvalue weighted by molar-refractivity contribution is 0.568. The Morgan fingerprint density at radius 1 is 1.29 bits per heavy atom. The van der Waals surface area contributed by atoms with E-state index >= 15 is 0 Å². The largest absolute Gasteiger partial charge is 0.423 e. The van der Waals surface area contributed by atoms with Gasteiger partial charge in [-0.2, -0.15) is 0 Å². The molecule has 0 unspecified atom stereocenters. The van der Waals surface area contributed by atoms with E-state index in [9.17, 15) is 0 Å². The summed E-state index contributed by atoms with van der Waals surface area (Å²) in [5.41, 5.74) is 2.05. The fraction of sp³-hybridized carbons (Fsp3) is 0.200. The molecule has 0 aliphatic carbocycles. The number of aromatic nitrogens is 2. The summed E-state index contributed by atoms with van der Waals surface area (Å²) in [6.07, 6.45) is 1.33. The molecule has 0 aliphatic rings. The van der Waals surface area contributed by atoms with E-state index in [2.05, 4.69) is 10.2 Å². The third-order valence-electron chi connectivity index (χ3n) is 1.97. The van der Waals surface area contributed by atoms with Crippen LogP contribution in [-0.2, 0) is 0 Å². The Hall–Kier alpha value is -1.84. The van der Waals surface area contributed by atoms with Crippen LogP contribution in [0.2, 0.25) is 0 Å². The van der Waals surface area contributed by atoms with Gasteiger partial charge >= 0.3 is 0 Å². The molecule has 0 atom stereocenters. The predicted molar refractivity (Wildman–Crippen MR) is 54.1 cm³/mol. The van der Waals surface area contributed by atoms with Crippen LogP contribution in [0.15, 0.2) is 35.1 Å². The summed E-state index contributed by atoms with van der Waals surface area (Å²) < 4.78 is 5.11. The first-order chi connectivity index (χ1) is 6.77. The fourth-order valence-electron chi connectivity index (χ4n) is 1.22. The van der Waals surface area contributed by atoms with Gasteiger partial charge in [-0.05, 0) is 18.2 Å². The van der Waals surface area contributed by atoms with Crippen molar-refractivity contribution in [1.82, 2.24) is 10.2 Å². The Kier molecular flexibility index (Phi) is 2.18. The quantitative estimate of drug-likeness (QED) is 0.722. The maximum Gasteiger partial charge on any atom is 0.247 e. The molecule has 72 valence electrons. The van der Waals surface area contributed by atoms with Crippen LogP contribution >= 0.6 is 0 Å². The van der Waals surface area contributed by atoms with Gasteiger partial charge in [0.2, 0.25) is 12.3 Å². The number of hydrogen-bond donors (Lipinski definition) is 0. The summed E-state index contributed by atoms with van der Waals surface area (Å²) in [5, 5.41) is 7.49. The molecule has 2 aromatic rings. The molecule has 0 saturated heterocycles. The van der Waals surface area contributed by atoms with Crippen molar-refractivity contribution in [3.05, 3.63) is 30.7 Å². The molecule has 0 N–H and O–H groups in total. The zero-order valence-electron chi connectivity index (χ0n) is 8.14. The number of benzene rings is 1. The molecule has 0 saturated carbocycles. The third kappa shape index (κ3) is 1.59. The first kappa shape index (κ1) is 8.74. The Morgan fingerprint density at radius 2 is 2.14 bits per heavy atom. The Morgan fingerprint density at radius 3 is 2.79 bits per heavy atom. The molecule has 4 nitrogen and oxygen atoms in total. The fourth-order valence-corrected chi connectivity index (χ4v) is 1.22. The summed E-state index contributed by atoms with van der Waals surface area (Å²) in [6.45, 7) is 0. The van der Waals surface area contributed by atoms with Crippen molar-refractivity contribution in [2.45, 2.75) is 0 Å². The molecule has 0 spiro atoms. The van der Waals surface area contributed by atoms with E-state index in [1.54, 1.807) is 0 Å². The summed E-state index contributed by atoms with van der Waals surface area (Å²) in [5.74, 6) is 0.550. The van der Waals surface area contributed by atoms with E-state index in [0.29, 0.717) is 5.89 Å². The molecular weight excluding hydrogens is 178 g/mol. The highest BCUT2D eigenvalue weighted by molar-refractivity contribution is 5.61. The van der Waals surface area contributed by atoms with Crippen LogP contribution in [0.25, 0.3) is 11.5 Å². The lowest BCUT2D eigenvalue weighted by Gasteiger charge is -2.12. The SMILES string of the molecule is CN(C)c1cccc(-c2nnco2)c1. The van der Waals surface area contributed by atoms with Crippen molar-refractivity contribution in [2.75, 3.05) is 19.0 Å². The predicted octanol–water partition coefficient (Wildman–Crippen LogP) is 1.80. The molecule has 1 aromatic heterocycles. The third-order valence-corrected chi connectivity index (χ3v) is 1.97. The Bertz CT molecular complexity index is 409. The van der Waals surface area contributed by atoms with Crippen molar-refractivity contribution < 1.29 is 4.42 Å². The van der Waals surface area contributed by atoms with Gasteiger partial charge in [-0.3, -0.25) is 0 Å². The minimum absolute atomic E-state index is 0.550. The molecule has 0 bridgehead atoms. The average Bonchev–Trinajstić information content (AvgIpc) is 2.71. The monoisotopic (exact) mass is 189 g/mol. The summed E-state index contributed by atoms with van der Waals surface area (Å²) in [4.78, 5) is 2.03. The maximum absolute atomic E-state index is 5.11. The molecule has 2 rings (SSSR count). The second-order valence-electron chi connectivity index (χ2n) is 3.19. The number of hydrogen-bond acceptors (Lipinski definition) is 4. The average molecular weight is 189 g/mol. The van der Waals surface area contributed by atoms with E-state index in [-0.39, 0.29) is 0 Å². The van der Waals surface area contributed by atoms with E-state index < -0.39 is 0 Å². The lowest BCUT2D eigenvalue weighted by atomic mass is 10.2. The van der Waals surface area contributed by atoms with Crippen LogP contribution < -0.4 is 4.90 Å². The van der Waals surface area contributed by atoms with Gasteiger partial charge in [0.05, 0.1) is 0 Å². The van der Waals surface area contributed by atoms with Crippen molar-refractivity contribution in [3.63, 3.8) is 0 Å². The molecular formula is C10H11N3O. The van der Waals surface area contributed by atoms with E-state index in [1.807, 2.05) is 43.3 Å². The summed E-state index contributed by atoms with van der Waals surface area (Å²) >= 11 is 0. The zero-order valence-corrected chi connectivity index (χ0v) is 8.14. The van der Waals surface area contributed by atoms with Gasteiger partial charge in [-0.1, -0.05) is 6.07 Å². The van der Waals surface area contributed by atoms with Crippen LogP contribution in [0.3, 0.4) is 0 Å². The number of anilines is 1. The van der Waals surface area contributed by atoms with E-state index in [0.717, 1.165) is 11.3 Å². The highest BCUT2D eigenvalue weighted by Gasteiger charge is 2.04. The van der Waals surface area contributed by atoms with E-state index in [4.69, 9.17) is 4.42 Å². The van der Waals surface area contributed by atoms with Crippen molar-refractivity contribution >= 4 is 5.69 Å². The second-order valence-corrected chi connectivity index (χ2v) is 3.19. The maximum atomic E-state index is 5.11. The van der Waals surface area contributed by atoms with Crippen molar-refractivity contribution in [1.29, 1.82) is 0 Å². The first-order valence-corrected chi connectivity index (χ1v) is 4.31. The Balaban J connectivity index is 2.41. The van der Waals surface area contributed by atoms with Crippen LogP contribution in [-0.4, -0.2) is 24.3 Å². The molecule has 1 heterocycles. The summed E-state index contributed by atoms with van der Waals surface area (Å²) in [7, 11) is 3.99. The van der Waals surface area contributed by atoms with E-state index in [1.165, 1.54) is 6.39 Å². The van der Waals surface area contributed by atoms with Crippen LogP contribution in [0.5, 0.6) is 0 Å². The van der Waals surface area contributed by atoms with Crippen molar-refractivity contribution in [2.24, 2.45) is 0 Å². The highest BCUT2D eigenvalue weighted by atomic mass is 16.4. The van der Waals surface area contributed by atoms with Gasteiger partial charge in [0, 0.05) is 25.3 Å². The first-order valence-electron chi connectivity index (χ1n) is 4.31. The van der Waals surface area contributed by atoms with Crippen LogP contribution in [0.1, 0.15) is 0 Å². The second kappa shape index (κ2) is 3.49. The van der Waals surface area contributed by atoms with Crippen molar-refractivity contribution in [3.8, 4) is 11.5 Å². The number of rotatable bonds is 2. The zero-order chi connectivity index (χ0) is 9.97. The van der Waals surface area contributed by atoms with Gasteiger partial charge in [-0.15, -0.1) is 10.2 Å². The van der Waals surface area contributed by atoms with Crippen LogP contribution in [0.4, 0.5) is 5.69 Å². The standard InChI is InChI=1S/C10H11N3O/c1-13(2)9-5-3-4-8(6-9)10-12-11-7-14-10/h3-7H,1-2H3. The summed E-state index contributed by atoms with van der Waals surface area (Å²) in [6, 6.07) is 7.95. The molecule has 4 heteroatoms. The van der Waals surface area contributed by atoms with Gasteiger partial charge in [0.15, 0.2) is 0 Å². The molecule has 1 aromatic carbocycles. The van der Waals surface area contributed by atoms with Gasteiger partial charge in [-0.25, -0.2) is 0 Å². The molecule has 0 amide bonds. The van der Waals surface area contributed by atoms with Crippen LogP contribution in [0, 0.1) is 0 Å². The van der Waals surface area contributed by atoms with Gasteiger partial charge in [0.1, 0.15) is 0 Å². The molecule has 0 aliphatic heterocycles. The highest BCUT2D eigenvalue weighted by Crippen LogP contribution is 2.21. The normalized spacial score (nSPS) is 10.1. The minimum atomic E-state index is 0.550. The topological polar surface area (TPSA) is 42.2 Å². The smallest absolute Gasteiger partial charge is 0.247 e. The van der Waals surface area contributed by atoms with Gasteiger partial charge in [0.25, 0.3) is 0 Å². The molecule has 0 radical (unpaired) electrons. The van der Waals surface area contributed by atoms with Gasteiger partial charge < -0.3 is 9.32 Å². The lowest BCUT2D eigenvalue weighted by Crippen LogP contribution is -2.08.